The van der Waals surface area contributed by atoms with Crippen molar-refractivity contribution in [3.05, 3.63) is 29.8 Å². The van der Waals surface area contributed by atoms with E-state index in [1.54, 1.807) is 0 Å². The van der Waals surface area contributed by atoms with Crippen molar-refractivity contribution < 1.29 is 0 Å². The SMILES string of the molecule is CCNCCNc1ccccc1CC. The number of likely N-dealkylation sites (N-methyl/N-ethyl adjacent to an activating group) is 1. The molecule has 0 amide bonds. The minimum atomic E-state index is 0.991. The van der Waals surface area contributed by atoms with Gasteiger partial charge in [-0.25, -0.2) is 0 Å². The van der Waals surface area contributed by atoms with Crippen LogP contribution < -0.4 is 10.6 Å². The van der Waals surface area contributed by atoms with E-state index < -0.39 is 0 Å². The van der Waals surface area contributed by atoms with Gasteiger partial charge in [-0.3, -0.25) is 0 Å². The second kappa shape index (κ2) is 6.44. The third kappa shape index (κ3) is 3.38. The molecule has 0 bridgehead atoms. The molecule has 14 heavy (non-hydrogen) atoms. The van der Waals surface area contributed by atoms with Crippen molar-refractivity contribution >= 4 is 5.69 Å². The van der Waals surface area contributed by atoms with Gasteiger partial charge < -0.3 is 10.6 Å². The van der Waals surface area contributed by atoms with Crippen LogP contribution >= 0.6 is 0 Å². The van der Waals surface area contributed by atoms with Gasteiger partial charge in [0.15, 0.2) is 0 Å². The van der Waals surface area contributed by atoms with Crippen LogP contribution in [-0.4, -0.2) is 19.6 Å². The molecule has 2 nitrogen and oxygen atoms in total. The number of rotatable bonds is 6. The fourth-order valence-electron chi connectivity index (χ4n) is 1.46. The van der Waals surface area contributed by atoms with E-state index in [1.165, 1.54) is 11.3 Å². The number of anilines is 1. The molecule has 0 aliphatic heterocycles. The highest BCUT2D eigenvalue weighted by atomic mass is 14.9. The number of para-hydroxylation sites is 1. The Morgan fingerprint density at radius 2 is 1.86 bits per heavy atom. The lowest BCUT2D eigenvalue weighted by atomic mass is 10.1. The first-order chi connectivity index (χ1) is 6.88. The van der Waals surface area contributed by atoms with Crippen LogP contribution in [0.3, 0.4) is 0 Å². The van der Waals surface area contributed by atoms with E-state index in [-0.39, 0.29) is 0 Å². The Balaban J connectivity index is 2.41. The van der Waals surface area contributed by atoms with Gasteiger partial charge in [0.25, 0.3) is 0 Å². The Morgan fingerprint density at radius 3 is 2.57 bits per heavy atom. The second-order valence-corrected chi connectivity index (χ2v) is 3.29. The van der Waals surface area contributed by atoms with Crippen LogP contribution in [0.2, 0.25) is 0 Å². The van der Waals surface area contributed by atoms with Crippen LogP contribution in [0.15, 0.2) is 24.3 Å². The summed E-state index contributed by atoms with van der Waals surface area (Å²) in [4.78, 5) is 0. The zero-order valence-corrected chi connectivity index (χ0v) is 9.14. The summed E-state index contributed by atoms with van der Waals surface area (Å²) in [5, 5.41) is 6.73. The van der Waals surface area contributed by atoms with E-state index in [0.29, 0.717) is 0 Å². The van der Waals surface area contributed by atoms with E-state index >= 15 is 0 Å². The number of benzene rings is 1. The van der Waals surface area contributed by atoms with Crippen molar-refractivity contribution in [1.29, 1.82) is 0 Å². The first-order valence-electron chi connectivity index (χ1n) is 5.41. The lowest BCUT2D eigenvalue weighted by molar-refractivity contribution is 0.738. The molecule has 0 spiro atoms. The van der Waals surface area contributed by atoms with E-state index in [9.17, 15) is 0 Å². The largest absolute Gasteiger partial charge is 0.384 e. The van der Waals surface area contributed by atoms with Gasteiger partial charge in [-0.2, -0.15) is 0 Å². The fourth-order valence-corrected chi connectivity index (χ4v) is 1.46. The molecule has 0 radical (unpaired) electrons. The summed E-state index contributed by atoms with van der Waals surface area (Å²) in [5.74, 6) is 0. The van der Waals surface area contributed by atoms with Gasteiger partial charge in [0.2, 0.25) is 0 Å². The summed E-state index contributed by atoms with van der Waals surface area (Å²) < 4.78 is 0. The smallest absolute Gasteiger partial charge is 0.0373 e. The van der Waals surface area contributed by atoms with E-state index in [4.69, 9.17) is 0 Å². The number of hydrogen-bond acceptors (Lipinski definition) is 2. The van der Waals surface area contributed by atoms with Crippen LogP contribution in [0.5, 0.6) is 0 Å². The minimum Gasteiger partial charge on any atom is -0.384 e. The molecule has 0 unspecified atom stereocenters. The number of hydrogen-bond donors (Lipinski definition) is 2. The summed E-state index contributed by atoms with van der Waals surface area (Å²) >= 11 is 0. The van der Waals surface area contributed by atoms with Crippen molar-refractivity contribution in [3.8, 4) is 0 Å². The third-order valence-electron chi connectivity index (χ3n) is 2.27. The average molecular weight is 192 g/mol. The maximum absolute atomic E-state index is 3.44. The third-order valence-corrected chi connectivity index (χ3v) is 2.27. The molecule has 0 aliphatic carbocycles. The van der Waals surface area contributed by atoms with Crippen LogP contribution in [0.4, 0.5) is 5.69 Å². The molecule has 0 fully saturated rings. The molecule has 0 heterocycles. The van der Waals surface area contributed by atoms with E-state index in [0.717, 1.165) is 26.1 Å². The fraction of sp³-hybridized carbons (Fsp3) is 0.500. The van der Waals surface area contributed by atoms with E-state index in [2.05, 4.69) is 48.7 Å². The van der Waals surface area contributed by atoms with Gasteiger partial charge in [0.05, 0.1) is 0 Å². The van der Waals surface area contributed by atoms with Crippen molar-refractivity contribution in [3.63, 3.8) is 0 Å². The van der Waals surface area contributed by atoms with Gasteiger partial charge >= 0.3 is 0 Å². The lowest BCUT2D eigenvalue weighted by Gasteiger charge is -2.10. The Hall–Kier alpha value is -1.02. The van der Waals surface area contributed by atoms with E-state index in [1.807, 2.05) is 0 Å². The standard InChI is InChI=1S/C12H20N2/c1-3-11-7-5-6-8-12(11)14-10-9-13-4-2/h5-8,13-14H,3-4,9-10H2,1-2H3. The first-order valence-corrected chi connectivity index (χ1v) is 5.41. The van der Waals surface area contributed by atoms with Crippen LogP contribution in [0.25, 0.3) is 0 Å². The predicted molar refractivity (Wildman–Crippen MR) is 62.9 cm³/mol. The topological polar surface area (TPSA) is 24.1 Å². The molecular weight excluding hydrogens is 172 g/mol. The normalized spacial score (nSPS) is 10.1. The Kier molecular flexibility index (Phi) is 5.08. The summed E-state index contributed by atoms with van der Waals surface area (Å²) in [5.41, 5.74) is 2.66. The van der Waals surface area contributed by atoms with Gasteiger partial charge in [-0.15, -0.1) is 0 Å². The Bertz CT molecular complexity index is 258. The molecule has 0 aromatic heterocycles. The van der Waals surface area contributed by atoms with Crippen molar-refractivity contribution in [2.24, 2.45) is 0 Å². The minimum absolute atomic E-state index is 0.991. The second-order valence-electron chi connectivity index (χ2n) is 3.29. The molecule has 0 saturated heterocycles. The first kappa shape index (κ1) is 11.1. The Morgan fingerprint density at radius 1 is 1.07 bits per heavy atom. The maximum atomic E-state index is 3.44. The highest BCUT2D eigenvalue weighted by Gasteiger charge is 1.96. The van der Waals surface area contributed by atoms with Crippen LogP contribution in [-0.2, 0) is 6.42 Å². The molecular formula is C12H20N2. The summed E-state index contributed by atoms with van der Waals surface area (Å²) in [7, 11) is 0. The van der Waals surface area contributed by atoms with Gasteiger partial charge in [0, 0.05) is 18.8 Å². The van der Waals surface area contributed by atoms with Gasteiger partial charge in [-0.1, -0.05) is 32.0 Å². The molecule has 1 aromatic carbocycles. The van der Waals surface area contributed by atoms with Crippen LogP contribution in [0.1, 0.15) is 19.4 Å². The number of nitrogens with one attached hydrogen (secondary N) is 2. The number of aryl methyl sites for hydroxylation is 1. The predicted octanol–water partition coefficient (Wildman–Crippen LogP) is 2.27. The monoisotopic (exact) mass is 192 g/mol. The highest BCUT2D eigenvalue weighted by Crippen LogP contribution is 2.14. The van der Waals surface area contributed by atoms with Crippen molar-refractivity contribution in [2.75, 3.05) is 25.0 Å². The quantitative estimate of drug-likeness (QED) is 0.676. The molecule has 0 atom stereocenters. The van der Waals surface area contributed by atoms with Crippen molar-refractivity contribution in [1.82, 2.24) is 5.32 Å². The molecule has 0 aliphatic rings. The van der Waals surface area contributed by atoms with Crippen molar-refractivity contribution in [2.45, 2.75) is 20.3 Å². The zero-order chi connectivity index (χ0) is 10.2. The van der Waals surface area contributed by atoms with Gasteiger partial charge in [-0.05, 0) is 24.6 Å². The molecule has 2 N–H and O–H groups in total. The summed E-state index contributed by atoms with van der Waals surface area (Å²) in [6, 6.07) is 8.49. The Labute approximate surface area is 86.7 Å². The molecule has 2 heteroatoms. The molecule has 1 aromatic rings. The molecule has 78 valence electrons. The summed E-state index contributed by atoms with van der Waals surface area (Å²) in [6.45, 7) is 7.36. The molecule has 0 saturated carbocycles. The zero-order valence-electron chi connectivity index (χ0n) is 9.14. The lowest BCUT2D eigenvalue weighted by Crippen LogP contribution is -2.21. The average Bonchev–Trinajstić information content (AvgIpc) is 2.25. The van der Waals surface area contributed by atoms with Crippen LogP contribution in [0, 0.1) is 0 Å². The maximum Gasteiger partial charge on any atom is 0.0373 e. The summed E-state index contributed by atoms with van der Waals surface area (Å²) in [6.07, 6.45) is 1.09. The van der Waals surface area contributed by atoms with Gasteiger partial charge in [0.1, 0.15) is 0 Å². The molecule has 1 rings (SSSR count). The highest BCUT2D eigenvalue weighted by molar-refractivity contribution is 5.50.